The Hall–Kier alpha value is -2.87. The van der Waals surface area contributed by atoms with Crippen molar-refractivity contribution in [3.63, 3.8) is 0 Å². The minimum atomic E-state index is -0.508. The van der Waals surface area contributed by atoms with Gasteiger partial charge in [0, 0.05) is 31.1 Å². The molecule has 27 heavy (non-hydrogen) atoms. The molecule has 3 amide bonds. The van der Waals surface area contributed by atoms with E-state index in [4.69, 9.17) is 0 Å². The van der Waals surface area contributed by atoms with Crippen molar-refractivity contribution in [2.24, 2.45) is 0 Å². The number of Topliss-reactive ketones (excluding diaryl/α,β-unsaturated/α-hetero) is 1. The number of amides is 3. The van der Waals surface area contributed by atoms with Gasteiger partial charge in [0.15, 0.2) is 5.01 Å². The minimum Gasteiger partial charge on any atom is -0.332 e. The second-order valence-corrected chi connectivity index (χ2v) is 7.40. The van der Waals surface area contributed by atoms with Gasteiger partial charge in [0.25, 0.3) is 11.8 Å². The number of thiazole rings is 1. The van der Waals surface area contributed by atoms with Crippen molar-refractivity contribution in [1.29, 1.82) is 0 Å². The highest BCUT2D eigenvalue weighted by atomic mass is 32.1. The standard InChI is InChI=1S/C19H17N3O4S/c23-15(21-9-3-6-14(21)16(24)17-20-8-11-27-17)7-10-22-18(25)12-4-1-2-5-13(12)19(22)26/h1-2,4-5,8,11,14H,3,6-7,9-10H2/t14-/m0/s1. The highest BCUT2D eigenvalue weighted by Gasteiger charge is 2.38. The first-order valence-corrected chi connectivity index (χ1v) is 9.64. The maximum Gasteiger partial charge on any atom is 0.261 e. The summed E-state index contributed by atoms with van der Waals surface area (Å²) >= 11 is 1.26. The Labute approximate surface area is 159 Å². The molecule has 0 aliphatic carbocycles. The lowest BCUT2D eigenvalue weighted by Gasteiger charge is -2.24. The zero-order chi connectivity index (χ0) is 19.0. The largest absolute Gasteiger partial charge is 0.332 e. The van der Waals surface area contributed by atoms with E-state index in [1.807, 2.05) is 0 Å². The van der Waals surface area contributed by atoms with E-state index in [2.05, 4.69) is 4.98 Å². The van der Waals surface area contributed by atoms with Gasteiger partial charge < -0.3 is 4.90 Å². The van der Waals surface area contributed by atoms with Gasteiger partial charge in [-0.05, 0) is 25.0 Å². The SMILES string of the molecule is O=C(c1nccs1)[C@@H]1CCCN1C(=O)CCN1C(=O)c2ccccc2C1=O. The van der Waals surface area contributed by atoms with Crippen molar-refractivity contribution >= 4 is 34.8 Å². The lowest BCUT2D eigenvalue weighted by molar-refractivity contribution is -0.131. The van der Waals surface area contributed by atoms with Crippen LogP contribution in [0.4, 0.5) is 0 Å². The second kappa shape index (κ2) is 7.03. The zero-order valence-corrected chi connectivity index (χ0v) is 15.3. The summed E-state index contributed by atoms with van der Waals surface area (Å²) < 4.78 is 0. The van der Waals surface area contributed by atoms with Crippen LogP contribution < -0.4 is 0 Å². The van der Waals surface area contributed by atoms with Crippen LogP contribution in [0.25, 0.3) is 0 Å². The number of imide groups is 1. The van der Waals surface area contributed by atoms with E-state index in [-0.39, 0.29) is 36.5 Å². The molecule has 0 unspecified atom stereocenters. The summed E-state index contributed by atoms with van der Waals surface area (Å²) in [4.78, 5) is 56.7. The predicted molar refractivity (Wildman–Crippen MR) is 97.6 cm³/mol. The third kappa shape index (κ3) is 3.06. The number of aromatic nitrogens is 1. The minimum absolute atomic E-state index is 0.00706. The van der Waals surface area contributed by atoms with Crippen LogP contribution in [-0.4, -0.2) is 57.4 Å². The fourth-order valence-corrected chi connectivity index (χ4v) is 4.24. The van der Waals surface area contributed by atoms with Crippen LogP contribution >= 0.6 is 11.3 Å². The first-order valence-electron chi connectivity index (χ1n) is 8.76. The first-order chi connectivity index (χ1) is 13.1. The fraction of sp³-hybridized carbons (Fsp3) is 0.316. The molecular weight excluding hydrogens is 366 g/mol. The van der Waals surface area contributed by atoms with Crippen LogP contribution in [0.3, 0.4) is 0 Å². The van der Waals surface area contributed by atoms with Crippen LogP contribution in [0.15, 0.2) is 35.8 Å². The van der Waals surface area contributed by atoms with Crippen LogP contribution in [-0.2, 0) is 4.79 Å². The molecule has 1 aromatic carbocycles. The highest BCUT2D eigenvalue weighted by Crippen LogP contribution is 2.25. The molecule has 0 spiro atoms. The monoisotopic (exact) mass is 383 g/mol. The normalized spacial score (nSPS) is 18.9. The lowest BCUT2D eigenvalue weighted by Crippen LogP contribution is -2.42. The first kappa shape index (κ1) is 17.5. The van der Waals surface area contributed by atoms with Crippen LogP contribution in [0.5, 0.6) is 0 Å². The quantitative estimate of drug-likeness (QED) is 0.582. The van der Waals surface area contributed by atoms with Gasteiger partial charge in [-0.3, -0.25) is 24.1 Å². The van der Waals surface area contributed by atoms with E-state index in [0.29, 0.717) is 29.1 Å². The molecule has 8 heteroatoms. The summed E-state index contributed by atoms with van der Waals surface area (Å²) in [5.41, 5.74) is 0.737. The van der Waals surface area contributed by atoms with Crippen molar-refractivity contribution in [1.82, 2.24) is 14.8 Å². The average molecular weight is 383 g/mol. The number of hydrogen-bond donors (Lipinski definition) is 0. The molecule has 1 atom stereocenters. The van der Waals surface area contributed by atoms with Crippen molar-refractivity contribution < 1.29 is 19.2 Å². The van der Waals surface area contributed by atoms with Gasteiger partial charge in [-0.1, -0.05) is 12.1 Å². The van der Waals surface area contributed by atoms with Gasteiger partial charge >= 0.3 is 0 Å². The second-order valence-electron chi connectivity index (χ2n) is 6.50. The number of benzene rings is 1. The highest BCUT2D eigenvalue weighted by molar-refractivity contribution is 7.11. The van der Waals surface area contributed by atoms with Crippen molar-refractivity contribution in [3.05, 3.63) is 52.0 Å². The molecule has 1 saturated heterocycles. The van der Waals surface area contributed by atoms with Crippen LogP contribution in [0.1, 0.15) is 49.8 Å². The number of carbonyl (C=O) groups excluding carboxylic acids is 4. The number of likely N-dealkylation sites (tertiary alicyclic amines) is 1. The zero-order valence-electron chi connectivity index (χ0n) is 14.5. The Bertz CT molecular complexity index is 890. The number of nitrogens with zero attached hydrogens (tertiary/aromatic N) is 3. The van der Waals surface area contributed by atoms with E-state index in [1.54, 1.807) is 40.7 Å². The van der Waals surface area contributed by atoms with Gasteiger partial charge in [-0.25, -0.2) is 4.98 Å². The number of hydrogen-bond acceptors (Lipinski definition) is 6. The number of carbonyl (C=O) groups is 4. The average Bonchev–Trinajstić information content (AvgIpc) is 3.42. The number of fused-ring (bicyclic) bond motifs is 1. The van der Waals surface area contributed by atoms with Gasteiger partial charge in [0.1, 0.15) is 0 Å². The fourth-order valence-electron chi connectivity index (χ4n) is 3.62. The molecule has 2 aromatic rings. The maximum atomic E-state index is 12.7. The number of ketones is 1. The summed E-state index contributed by atoms with van der Waals surface area (Å²) in [5.74, 6) is -1.11. The Balaban J connectivity index is 1.42. The molecule has 4 rings (SSSR count). The predicted octanol–water partition coefficient (Wildman–Crippen LogP) is 2.00. The third-order valence-electron chi connectivity index (χ3n) is 4.95. The van der Waals surface area contributed by atoms with E-state index < -0.39 is 6.04 Å². The van der Waals surface area contributed by atoms with Crippen molar-refractivity contribution in [2.75, 3.05) is 13.1 Å². The van der Waals surface area contributed by atoms with Gasteiger partial charge in [0.05, 0.1) is 17.2 Å². The Morgan fingerprint density at radius 2 is 1.85 bits per heavy atom. The maximum absolute atomic E-state index is 12.7. The Morgan fingerprint density at radius 1 is 1.15 bits per heavy atom. The smallest absolute Gasteiger partial charge is 0.261 e. The van der Waals surface area contributed by atoms with Crippen molar-refractivity contribution in [3.8, 4) is 0 Å². The molecule has 1 fully saturated rings. The molecule has 1 aromatic heterocycles. The molecule has 0 bridgehead atoms. The van der Waals surface area contributed by atoms with Crippen LogP contribution in [0.2, 0.25) is 0 Å². The van der Waals surface area contributed by atoms with Crippen LogP contribution in [0, 0.1) is 0 Å². The molecule has 0 N–H and O–H groups in total. The van der Waals surface area contributed by atoms with E-state index >= 15 is 0 Å². The van der Waals surface area contributed by atoms with E-state index in [0.717, 1.165) is 11.3 Å². The number of rotatable bonds is 5. The van der Waals surface area contributed by atoms with Gasteiger partial charge in [-0.15, -0.1) is 11.3 Å². The van der Waals surface area contributed by atoms with E-state index in [9.17, 15) is 19.2 Å². The molecule has 138 valence electrons. The van der Waals surface area contributed by atoms with Gasteiger partial charge in [-0.2, -0.15) is 0 Å². The van der Waals surface area contributed by atoms with Gasteiger partial charge in [0.2, 0.25) is 11.7 Å². The summed E-state index contributed by atoms with van der Waals surface area (Å²) in [6.45, 7) is 0.516. The summed E-state index contributed by atoms with van der Waals surface area (Å²) in [6, 6.07) is 6.13. The molecule has 7 nitrogen and oxygen atoms in total. The van der Waals surface area contributed by atoms with Crippen molar-refractivity contribution in [2.45, 2.75) is 25.3 Å². The van der Waals surface area contributed by atoms with E-state index in [1.165, 1.54) is 11.3 Å². The molecule has 2 aliphatic heterocycles. The molecule has 0 radical (unpaired) electrons. The lowest BCUT2D eigenvalue weighted by atomic mass is 10.1. The third-order valence-corrected chi connectivity index (χ3v) is 5.73. The summed E-state index contributed by atoms with van der Waals surface area (Å²) in [7, 11) is 0. The summed E-state index contributed by atoms with van der Waals surface area (Å²) in [6.07, 6.45) is 2.94. The Morgan fingerprint density at radius 3 is 2.48 bits per heavy atom. The Kier molecular flexibility index (Phi) is 4.57. The topological polar surface area (TPSA) is 87.7 Å². The molecule has 0 saturated carbocycles. The summed E-state index contributed by atoms with van der Waals surface area (Å²) in [5, 5.41) is 2.14. The molecule has 2 aliphatic rings. The molecular formula is C19H17N3O4S. The molecule has 3 heterocycles.